The summed E-state index contributed by atoms with van der Waals surface area (Å²) < 4.78 is 16.3. The van der Waals surface area contributed by atoms with Gasteiger partial charge in [-0.2, -0.15) is 0 Å². The van der Waals surface area contributed by atoms with E-state index in [2.05, 4.69) is 15.5 Å². The Labute approximate surface area is 173 Å². The molecular formula is C21H23N3O4S. The fraction of sp³-hybridized carbons (Fsp3) is 0.286. The summed E-state index contributed by atoms with van der Waals surface area (Å²) in [5, 5.41) is 11.0. The predicted octanol–water partition coefficient (Wildman–Crippen LogP) is 4.49. The minimum atomic E-state index is -0.415. The van der Waals surface area contributed by atoms with Crippen molar-refractivity contribution in [3.8, 4) is 23.0 Å². The third-order valence-electron chi connectivity index (χ3n) is 4.33. The number of carbonyl (C=O) groups is 1. The number of methoxy groups -OCH3 is 2. The number of nitrogens with one attached hydrogen (secondary N) is 1. The molecule has 29 heavy (non-hydrogen) atoms. The first-order chi connectivity index (χ1) is 13.9. The maximum absolute atomic E-state index is 12.5. The van der Waals surface area contributed by atoms with E-state index in [1.807, 2.05) is 32.0 Å². The van der Waals surface area contributed by atoms with Crippen LogP contribution in [0.15, 0.2) is 46.0 Å². The van der Waals surface area contributed by atoms with Crippen molar-refractivity contribution in [2.45, 2.75) is 31.2 Å². The highest BCUT2D eigenvalue weighted by Gasteiger charge is 2.20. The van der Waals surface area contributed by atoms with Crippen molar-refractivity contribution in [1.82, 2.24) is 10.2 Å². The summed E-state index contributed by atoms with van der Waals surface area (Å²) in [5.41, 5.74) is 3.61. The molecule has 8 heteroatoms. The van der Waals surface area contributed by atoms with Crippen LogP contribution in [0.2, 0.25) is 0 Å². The van der Waals surface area contributed by atoms with Gasteiger partial charge in [0.2, 0.25) is 5.91 Å². The fourth-order valence-electron chi connectivity index (χ4n) is 2.73. The van der Waals surface area contributed by atoms with Gasteiger partial charge in [0.15, 0.2) is 0 Å². The van der Waals surface area contributed by atoms with Crippen molar-refractivity contribution in [3.05, 3.63) is 47.5 Å². The molecule has 1 aromatic heterocycles. The molecule has 0 spiro atoms. The summed E-state index contributed by atoms with van der Waals surface area (Å²) in [4.78, 5) is 12.5. The van der Waals surface area contributed by atoms with Crippen molar-refractivity contribution in [1.29, 1.82) is 0 Å². The molecule has 0 unspecified atom stereocenters. The Kier molecular flexibility index (Phi) is 6.43. The van der Waals surface area contributed by atoms with E-state index in [0.29, 0.717) is 28.2 Å². The summed E-state index contributed by atoms with van der Waals surface area (Å²) in [6, 6.07) is 11.2. The molecule has 0 aliphatic heterocycles. The minimum absolute atomic E-state index is 0.135. The Morgan fingerprint density at radius 2 is 1.90 bits per heavy atom. The number of aromatic nitrogens is 2. The number of hydrogen-bond acceptors (Lipinski definition) is 7. The molecule has 1 heterocycles. The van der Waals surface area contributed by atoms with Crippen LogP contribution in [0.25, 0.3) is 11.5 Å². The predicted molar refractivity (Wildman–Crippen MR) is 113 cm³/mol. The van der Waals surface area contributed by atoms with Crippen molar-refractivity contribution < 1.29 is 18.7 Å². The van der Waals surface area contributed by atoms with E-state index in [-0.39, 0.29) is 5.91 Å². The zero-order chi connectivity index (χ0) is 21.0. The summed E-state index contributed by atoms with van der Waals surface area (Å²) in [6.45, 7) is 5.77. The second-order valence-electron chi connectivity index (χ2n) is 6.51. The summed E-state index contributed by atoms with van der Waals surface area (Å²) >= 11 is 1.20. The SMILES string of the molecule is COc1ccc(-c2nnc(S[C@H](C)C(=O)Nc3ccc(C)cc3C)o2)c(OC)c1. The molecule has 1 atom stereocenters. The summed E-state index contributed by atoms with van der Waals surface area (Å²) in [6.07, 6.45) is 0. The van der Waals surface area contributed by atoms with Crippen molar-refractivity contribution in [2.75, 3.05) is 19.5 Å². The van der Waals surface area contributed by atoms with Gasteiger partial charge in [-0.15, -0.1) is 10.2 Å². The summed E-state index contributed by atoms with van der Waals surface area (Å²) in [5.74, 6) is 1.40. The van der Waals surface area contributed by atoms with Crippen LogP contribution in [0.4, 0.5) is 5.69 Å². The molecule has 2 aromatic carbocycles. The van der Waals surface area contributed by atoms with Crippen LogP contribution >= 0.6 is 11.8 Å². The van der Waals surface area contributed by atoms with Crippen LogP contribution in [0.5, 0.6) is 11.5 Å². The molecule has 1 amide bonds. The number of amides is 1. The quantitative estimate of drug-likeness (QED) is 0.571. The second-order valence-corrected chi connectivity index (χ2v) is 7.80. The molecule has 0 aliphatic rings. The zero-order valence-electron chi connectivity index (χ0n) is 17.0. The van der Waals surface area contributed by atoms with Gasteiger partial charge >= 0.3 is 0 Å². The third-order valence-corrected chi connectivity index (χ3v) is 5.27. The number of carbonyl (C=O) groups excluding carboxylic acids is 1. The van der Waals surface area contributed by atoms with Gasteiger partial charge in [-0.1, -0.05) is 29.5 Å². The lowest BCUT2D eigenvalue weighted by Crippen LogP contribution is -2.22. The summed E-state index contributed by atoms with van der Waals surface area (Å²) in [7, 11) is 3.14. The van der Waals surface area contributed by atoms with Crippen LogP contribution in [0.3, 0.4) is 0 Å². The lowest BCUT2D eigenvalue weighted by molar-refractivity contribution is -0.115. The lowest BCUT2D eigenvalue weighted by atomic mass is 10.1. The van der Waals surface area contributed by atoms with E-state index in [1.165, 1.54) is 11.8 Å². The molecule has 0 saturated heterocycles. The van der Waals surface area contributed by atoms with Gasteiger partial charge in [0.25, 0.3) is 11.1 Å². The molecule has 3 rings (SSSR count). The first-order valence-corrected chi connectivity index (χ1v) is 9.90. The number of ether oxygens (including phenoxy) is 2. The fourth-order valence-corrected chi connectivity index (χ4v) is 3.42. The molecule has 7 nitrogen and oxygen atoms in total. The highest BCUT2D eigenvalue weighted by molar-refractivity contribution is 8.00. The van der Waals surface area contributed by atoms with E-state index in [0.717, 1.165) is 16.8 Å². The van der Waals surface area contributed by atoms with E-state index in [1.54, 1.807) is 39.3 Å². The van der Waals surface area contributed by atoms with Crippen LogP contribution in [0.1, 0.15) is 18.1 Å². The molecule has 0 fully saturated rings. The number of anilines is 1. The standard InChI is InChI=1S/C21H23N3O4S/c1-12-6-9-17(13(2)10-12)22-19(25)14(3)29-21-24-23-20(28-21)16-8-7-15(26-4)11-18(16)27-5/h6-11,14H,1-5H3,(H,22,25)/t14-/m1/s1. The maximum atomic E-state index is 12.5. The Bertz CT molecular complexity index is 1020. The second kappa shape index (κ2) is 9.00. The van der Waals surface area contributed by atoms with Gasteiger partial charge in [0.1, 0.15) is 11.5 Å². The van der Waals surface area contributed by atoms with Crippen LogP contribution in [-0.2, 0) is 4.79 Å². The first kappa shape index (κ1) is 20.7. The van der Waals surface area contributed by atoms with Gasteiger partial charge < -0.3 is 19.2 Å². The molecule has 0 bridgehead atoms. The van der Waals surface area contributed by atoms with Crippen LogP contribution in [-0.4, -0.2) is 35.6 Å². The molecule has 3 aromatic rings. The van der Waals surface area contributed by atoms with E-state index >= 15 is 0 Å². The van der Waals surface area contributed by atoms with E-state index in [4.69, 9.17) is 13.9 Å². The number of benzene rings is 2. The molecule has 0 aliphatic carbocycles. The smallest absolute Gasteiger partial charge is 0.277 e. The first-order valence-electron chi connectivity index (χ1n) is 9.02. The molecular weight excluding hydrogens is 390 g/mol. The van der Waals surface area contributed by atoms with Gasteiger partial charge in [0.05, 0.1) is 25.0 Å². The number of hydrogen-bond donors (Lipinski definition) is 1. The topological polar surface area (TPSA) is 86.5 Å². The Morgan fingerprint density at radius 1 is 1.10 bits per heavy atom. The van der Waals surface area contributed by atoms with E-state index < -0.39 is 5.25 Å². The van der Waals surface area contributed by atoms with Crippen molar-refractivity contribution in [2.24, 2.45) is 0 Å². The largest absolute Gasteiger partial charge is 0.497 e. The lowest BCUT2D eigenvalue weighted by Gasteiger charge is -2.12. The number of rotatable bonds is 7. The maximum Gasteiger partial charge on any atom is 0.277 e. The molecule has 152 valence electrons. The third kappa shape index (κ3) is 4.89. The Hall–Kier alpha value is -3.00. The number of thioether (sulfide) groups is 1. The normalized spacial score (nSPS) is 11.8. The number of aryl methyl sites for hydroxylation is 2. The Morgan fingerprint density at radius 3 is 2.59 bits per heavy atom. The van der Waals surface area contributed by atoms with Crippen LogP contribution < -0.4 is 14.8 Å². The zero-order valence-corrected chi connectivity index (χ0v) is 17.8. The van der Waals surface area contributed by atoms with Gasteiger partial charge in [-0.25, -0.2) is 0 Å². The minimum Gasteiger partial charge on any atom is -0.497 e. The van der Waals surface area contributed by atoms with Crippen molar-refractivity contribution in [3.63, 3.8) is 0 Å². The van der Waals surface area contributed by atoms with Gasteiger partial charge in [-0.05, 0) is 44.5 Å². The van der Waals surface area contributed by atoms with E-state index in [9.17, 15) is 4.79 Å². The van der Waals surface area contributed by atoms with Crippen LogP contribution in [0, 0.1) is 13.8 Å². The average Bonchev–Trinajstić information content (AvgIpc) is 3.17. The molecule has 0 saturated carbocycles. The highest BCUT2D eigenvalue weighted by atomic mass is 32.2. The monoisotopic (exact) mass is 413 g/mol. The van der Waals surface area contributed by atoms with Gasteiger partial charge in [-0.3, -0.25) is 4.79 Å². The number of nitrogens with zero attached hydrogens (tertiary/aromatic N) is 2. The molecule has 1 N–H and O–H groups in total. The highest BCUT2D eigenvalue weighted by Crippen LogP contribution is 2.34. The average molecular weight is 413 g/mol. The molecule has 0 radical (unpaired) electrons. The Balaban J connectivity index is 1.70. The van der Waals surface area contributed by atoms with Crippen molar-refractivity contribution >= 4 is 23.4 Å². The van der Waals surface area contributed by atoms with Gasteiger partial charge in [0, 0.05) is 11.8 Å².